The molecule has 1 heterocycles. The van der Waals surface area contributed by atoms with E-state index >= 15 is 0 Å². The Bertz CT molecular complexity index is 760. The predicted octanol–water partition coefficient (Wildman–Crippen LogP) is 4.80. The number of rotatable bonds is 1. The van der Waals surface area contributed by atoms with Gasteiger partial charge in [-0.15, -0.1) is 0 Å². The molecule has 3 rings (SSSR count). The molecular weight excluding hydrogens is 279 g/mol. The molecule has 20 heavy (non-hydrogen) atoms. The van der Waals surface area contributed by atoms with Crippen molar-refractivity contribution in [3.8, 4) is 11.3 Å². The van der Waals surface area contributed by atoms with E-state index in [-0.39, 0.29) is 5.58 Å². The summed E-state index contributed by atoms with van der Waals surface area (Å²) < 4.78 is 71.6. The van der Waals surface area contributed by atoms with E-state index in [1.165, 1.54) is 12.1 Å². The van der Waals surface area contributed by atoms with Crippen LogP contribution < -0.4 is 0 Å². The van der Waals surface area contributed by atoms with Crippen LogP contribution in [0, 0.1) is 29.1 Å². The highest BCUT2D eigenvalue weighted by Gasteiger charge is 2.28. The highest BCUT2D eigenvalue weighted by molar-refractivity contribution is 5.82. The quantitative estimate of drug-likeness (QED) is 0.355. The van der Waals surface area contributed by atoms with E-state index in [2.05, 4.69) is 0 Å². The summed E-state index contributed by atoms with van der Waals surface area (Å²) >= 11 is 0. The molecule has 0 fully saturated rings. The average molecular weight is 284 g/mol. The zero-order chi connectivity index (χ0) is 14.4. The number of hydrogen-bond acceptors (Lipinski definition) is 1. The Morgan fingerprint density at radius 1 is 0.700 bits per heavy atom. The SMILES string of the molecule is Fc1c(F)c(F)c(-c2cc3ccccc3o2)c(F)c1F. The molecule has 0 aliphatic heterocycles. The minimum absolute atomic E-state index is 0.284. The van der Waals surface area contributed by atoms with Gasteiger partial charge >= 0.3 is 0 Å². The minimum Gasteiger partial charge on any atom is -0.456 e. The second kappa shape index (κ2) is 4.33. The molecule has 0 bridgehead atoms. The van der Waals surface area contributed by atoms with Crippen LogP contribution in [0.15, 0.2) is 34.7 Å². The van der Waals surface area contributed by atoms with Gasteiger partial charge in [-0.2, -0.15) is 0 Å². The smallest absolute Gasteiger partial charge is 0.200 e. The third kappa shape index (κ3) is 1.68. The van der Waals surface area contributed by atoms with Gasteiger partial charge in [-0.25, -0.2) is 22.0 Å². The number of halogens is 5. The first-order valence-electron chi connectivity index (χ1n) is 5.51. The van der Waals surface area contributed by atoms with Gasteiger partial charge < -0.3 is 4.42 Å². The number of furan rings is 1. The Morgan fingerprint density at radius 3 is 1.85 bits per heavy atom. The first-order valence-corrected chi connectivity index (χ1v) is 5.51. The lowest BCUT2D eigenvalue weighted by molar-refractivity contribution is 0.379. The highest BCUT2D eigenvalue weighted by Crippen LogP contribution is 2.34. The molecule has 0 spiro atoms. The molecule has 0 N–H and O–H groups in total. The maximum atomic E-state index is 13.6. The summed E-state index contributed by atoms with van der Waals surface area (Å²) in [6.07, 6.45) is 0. The summed E-state index contributed by atoms with van der Waals surface area (Å²) in [7, 11) is 0. The van der Waals surface area contributed by atoms with Crippen molar-refractivity contribution in [3.63, 3.8) is 0 Å². The minimum atomic E-state index is -2.19. The first-order chi connectivity index (χ1) is 9.50. The number of hydrogen-bond donors (Lipinski definition) is 0. The molecule has 6 heteroatoms. The van der Waals surface area contributed by atoms with Crippen LogP contribution in [0.25, 0.3) is 22.3 Å². The van der Waals surface area contributed by atoms with Gasteiger partial charge in [0.1, 0.15) is 11.3 Å². The van der Waals surface area contributed by atoms with Crippen molar-refractivity contribution in [3.05, 3.63) is 59.4 Å². The summed E-state index contributed by atoms with van der Waals surface area (Å²) in [5.41, 5.74) is -0.788. The molecular formula is C14H5F5O. The van der Waals surface area contributed by atoms with Gasteiger partial charge in [-0.3, -0.25) is 0 Å². The lowest BCUT2D eigenvalue weighted by Crippen LogP contribution is -2.03. The zero-order valence-corrected chi connectivity index (χ0v) is 9.68. The fourth-order valence-electron chi connectivity index (χ4n) is 1.93. The highest BCUT2D eigenvalue weighted by atomic mass is 19.2. The van der Waals surface area contributed by atoms with E-state index in [9.17, 15) is 22.0 Å². The summed E-state index contributed by atoms with van der Waals surface area (Å²) in [4.78, 5) is 0. The van der Waals surface area contributed by atoms with Crippen molar-refractivity contribution in [2.75, 3.05) is 0 Å². The van der Waals surface area contributed by atoms with Gasteiger partial charge in [0, 0.05) is 5.39 Å². The molecule has 0 saturated carbocycles. The van der Waals surface area contributed by atoms with Gasteiger partial charge in [0.05, 0.1) is 5.56 Å². The van der Waals surface area contributed by atoms with Crippen LogP contribution in [-0.2, 0) is 0 Å². The zero-order valence-electron chi connectivity index (χ0n) is 9.68. The van der Waals surface area contributed by atoms with Crippen molar-refractivity contribution in [2.45, 2.75) is 0 Å². The van der Waals surface area contributed by atoms with Crippen LogP contribution in [0.1, 0.15) is 0 Å². The van der Waals surface area contributed by atoms with E-state index in [1.54, 1.807) is 18.2 Å². The first kappa shape index (κ1) is 12.7. The van der Waals surface area contributed by atoms with E-state index in [1.807, 2.05) is 0 Å². The van der Waals surface area contributed by atoms with Crippen molar-refractivity contribution >= 4 is 11.0 Å². The normalized spacial score (nSPS) is 11.2. The maximum Gasteiger partial charge on any atom is 0.200 e. The summed E-state index contributed by atoms with van der Waals surface area (Å²) in [5.74, 6) is -10.4. The number of fused-ring (bicyclic) bond motifs is 1. The molecule has 0 aliphatic carbocycles. The molecule has 0 radical (unpaired) electrons. The number of benzene rings is 2. The Kier molecular flexibility index (Phi) is 2.74. The van der Waals surface area contributed by atoms with Gasteiger partial charge in [-0.1, -0.05) is 18.2 Å². The summed E-state index contributed by atoms with van der Waals surface area (Å²) in [5, 5.41) is 0.492. The van der Waals surface area contributed by atoms with Crippen molar-refractivity contribution < 1.29 is 26.4 Å². The molecule has 102 valence electrons. The summed E-state index contributed by atoms with van der Waals surface area (Å²) in [6, 6.07) is 7.60. The Hall–Kier alpha value is -2.37. The summed E-state index contributed by atoms with van der Waals surface area (Å²) in [6.45, 7) is 0. The molecule has 0 amide bonds. The fourth-order valence-corrected chi connectivity index (χ4v) is 1.93. The van der Waals surface area contributed by atoms with Crippen molar-refractivity contribution in [1.29, 1.82) is 0 Å². The molecule has 2 aromatic carbocycles. The Balaban J connectivity index is 2.34. The van der Waals surface area contributed by atoms with Crippen LogP contribution in [-0.4, -0.2) is 0 Å². The van der Waals surface area contributed by atoms with E-state index in [0.717, 1.165) is 0 Å². The Morgan fingerprint density at radius 2 is 1.25 bits per heavy atom. The van der Waals surface area contributed by atoms with Gasteiger partial charge in [0.2, 0.25) is 5.82 Å². The maximum absolute atomic E-state index is 13.6. The molecule has 0 aliphatic rings. The third-order valence-corrected chi connectivity index (χ3v) is 2.88. The molecule has 0 unspecified atom stereocenters. The molecule has 1 aromatic heterocycles. The van der Waals surface area contributed by atoms with Gasteiger partial charge in [0.25, 0.3) is 0 Å². The van der Waals surface area contributed by atoms with Crippen LogP contribution in [0.2, 0.25) is 0 Å². The lowest BCUT2D eigenvalue weighted by atomic mass is 10.1. The monoisotopic (exact) mass is 284 g/mol. The fraction of sp³-hybridized carbons (Fsp3) is 0. The Labute approximate surface area is 109 Å². The standard InChI is InChI=1S/C14H5F5O/c15-10-9(11(16)13(18)14(19)12(10)17)8-5-6-3-1-2-4-7(6)20-8/h1-5H. The predicted molar refractivity (Wildman–Crippen MR) is 61.4 cm³/mol. The molecule has 0 atom stereocenters. The average Bonchev–Trinajstić information content (AvgIpc) is 2.86. The molecule has 3 aromatic rings. The van der Waals surface area contributed by atoms with Crippen LogP contribution in [0.4, 0.5) is 22.0 Å². The largest absolute Gasteiger partial charge is 0.456 e. The number of para-hydroxylation sites is 1. The van der Waals surface area contributed by atoms with Crippen molar-refractivity contribution in [2.24, 2.45) is 0 Å². The lowest BCUT2D eigenvalue weighted by Gasteiger charge is -2.05. The van der Waals surface area contributed by atoms with Crippen LogP contribution >= 0.6 is 0 Å². The van der Waals surface area contributed by atoms with E-state index < -0.39 is 40.4 Å². The van der Waals surface area contributed by atoms with E-state index in [4.69, 9.17) is 4.42 Å². The molecule has 1 nitrogen and oxygen atoms in total. The van der Waals surface area contributed by atoms with Crippen LogP contribution in [0.3, 0.4) is 0 Å². The second-order valence-electron chi connectivity index (χ2n) is 4.09. The van der Waals surface area contributed by atoms with Crippen molar-refractivity contribution in [1.82, 2.24) is 0 Å². The second-order valence-corrected chi connectivity index (χ2v) is 4.09. The van der Waals surface area contributed by atoms with Gasteiger partial charge in [-0.05, 0) is 12.1 Å². The topological polar surface area (TPSA) is 13.1 Å². The van der Waals surface area contributed by atoms with Gasteiger partial charge in [0.15, 0.2) is 23.3 Å². The van der Waals surface area contributed by atoms with E-state index in [0.29, 0.717) is 5.39 Å². The molecule has 0 saturated heterocycles. The van der Waals surface area contributed by atoms with Crippen LogP contribution in [0.5, 0.6) is 0 Å². The third-order valence-electron chi connectivity index (χ3n) is 2.88.